The summed E-state index contributed by atoms with van der Waals surface area (Å²) in [6.45, 7) is 4.36. The maximum absolute atomic E-state index is 12.8. The van der Waals surface area contributed by atoms with E-state index in [1.807, 2.05) is 41.3 Å². The number of anilines is 2. The van der Waals surface area contributed by atoms with Crippen LogP contribution in [0.2, 0.25) is 5.02 Å². The molecular formula is C23H22ClN3O3. The van der Waals surface area contributed by atoms with E-state index in [2.05, 4.69) is 10.2 Å². The topological polar surface area (TPSA) is 65.8 Å². The zero-order chi connectivity index (χ0) is 21.1. The van der Waals surface area contributed by atoms with E-state index in [1.165, 1.54) is 0 Å². The Labute approximate surface area is 180 Å². The standard InChI is InChI=1S/C23H22ClN3O3/c1-16(28)26-12-14-27(15-13-26)20-5-3-2-4-19(20)25-23(29)22-11-10-21(30-22)17-6-8-18(24)9-7-17/h2-11H,12-15H2,1H3,(H,25,29). The van der Waals surface area contributed by atoms with Gasteiger partial charge in [-0.25, -0.2) is 0 Å². The number of carbonyl (C=O) groups is 2. The molecule has 0 bridgehead atoms. The van der Waals surface area contributed by atoms with Crippen LogP contribution in [0, 0.1) is 0 Å². The fourth-order valence-electron chi connectivity index (χ4n) is 3.53. The van der Waals surface area contributed by atoms with Crippen LogP contribution in [0.4, 0.5) is 11.4 Å². The highest BCUT2D eigenvalue weighted by molar-refractivity contribution is 6.30. The average molecular weight is 424 g/mol. The number of furan rings is 1. The zero-order valence-corrected chi connectivity index (χ0v) is 17.4. The molecule has 0 radical (unpaired) electrons. The van der Waals surface area contributed by atoms with Gasteiger partial charge in [-0.1, -0.05) is 23.7 Å². The Morgan fingerprint density at radius 1 is 0.933 bits per heavy atom. The van der Waals surface area contributed by atoms with Gasteiger partial charge in [0, 0.05) is 43.7 Å². The van der Waals surface area contributed by atoms with Crippen molar-refractivity contribution in [3.8, 4) is 11.3 Å². The number of para-hydroxylation sites is 2. The Bertz CT molecular complexity index is 1050. The predicted octanol–water partition coefficient (Wildman–Crippen LogP) is 4.52. The van der Waals surface area contributed by atoms with Gasteiger partial charge in [0.25, 0.3) is 5.91 Å². The largest absolute Gasteiger partial charge is 0.451 e. The van der Waals surface area contributed by atoms with Crippen molar-refractivity contribution in [1.82, 2.24) is 4.90 Å². The van der Waals surface area contributed by atoms with Crippen molar-refractivity contribution < 1.29 is 14.0 Å². The van der Waals surface area contributed by atoms with Crippen molar-refractivity contribution in [2.75, 3.05) is 36.4 Å². The lowest BCUT2D eigenvalue weighted by Gasteiger charge is -2.36. The van der Waals surface area contributed by atoms with E-state index in [0.29, 0.717) is 42.6 Å². The van der Waals surface area contributed by atoms with E-state index >= 15 is 0 Å². The lowest BCUT2D eigenvalue weighted by Crippen LogP contribution is -2.48. The lowest BCUT2D eigenvalue weighted by molar-refractivity contribution is -0.129. The van der Waals surface area contributed by atoms with Gasteiger partial charge < -0.3 is 19.5 Å². The molecular weight excluding hydrogens is 402 g/mol. The monoisotopic (exact) mass is 423 g/mol. The molecule has 0 saturated carbocycles. The Balaban J connectivity index is 1.48. The number of amides is 2. The van der Waals surface area contributed by atoms with Crippen molar-refractivity contribution in [3.05, 3.63) is 71.4 Å². The molecule has 154 valence electrons. The predicted molar refractivity (Wildman–Crippen MR) is 118 cm³/mol. The Morgan fingerprint density at radius 3 is 2.33 bits per heavy atom. The number of nitrogens with zero attached hydrogens (tertiary/aromatic N) is 2. The van der Waals surface area contributed by atoms with Gasteiger partial charge >= 0.3 is 0 Å². The van der Waals surface area contributed by atoms with Crippen molar-refractivity contribution >= 4 is 34.8 Å². The molecule has 2 amide bonds. The molecule has 30 heavy (non-hydrogen) atoms. The molecule has 2 aromatic carbocycles. The Kier molecular flexibility index (Phi) is 5.77. The number of rotatable bonds is 4. The number of benzene rings is 2. The van der Waals surface area contributed by atoms with E-state index in [9.17, 15) is 9.59 Å². The van der Waals surface area contributed by atoms with Crippen LogP contribution in [0.5, 0.6) is 0 Å². The maximum atomic E-state index is 12.8. The van der Waals surface area contributed by atoms with Crippen LogP contribution < -0.4 is 10.2 Å². The quantitative estimate of drug-likeness (QED) is 0.670. The van der Waals surface area contributed by atoms with Gasteiger partial charge in [0.1, 0.15) is 5.76 Å². The van der Waals surface area contributed by atoms with Gasteiger partial charge in [-0.05, 0) is 48.5 Å². The zero-order valence-electron chi connectivity index (χ0n) is 16.6. The molecule has 1 fully saturated rings. The molecule has 0 unspecified atom stereocenters. The summed E-state index contributed by atoms with van der Waals surface area (Å²) in [7, 11) is 0. The maximum Gasteiger partial charge on any atom is 0.291 e. The summed E-state index contributed by atoms with van der Waals surface area (Å²) in [6, 6.07) is 18.3. The third-order valence-corrected chi connectivity index (χ3v) is 5.43. The van der Waals surface area contributed by atoms with Crippen LogP contribution in [-0.2, 0) is 4.79 Å². The molecule has 7 heteroatoms. The highest BCUT2D eigenvalue weighted by Crippen LogP contribution is 2.28. The minimum absolute atomic E-state index is 0.0885. The second-order valence-corrected chi connectivity index (χ2v) is 7.57. The minimum Gasteiger partial charge on any atom is -0.451 e. The number of hydrogen-bond acceptors (Lipinski definition) is 4. The SMILES string of the molecule is CC(=O)N1CCN(c2ccccc2NC(=O)c2ccc(-c3ccc(Cl)cc3)o2)CC1. The molecule has 1 N–H and O–H groups in total. The summed E-state index contributed by atoms with van der Waals surface area (Å²) >= 11 is 5.93. The molecule has 0 atom stereocenters. The molecule has 0 aliphatic carbocycles. The number of piperazine rings is 1. The second-order valence-electron chi connectivity index (χ2n) is 7.14. The summed E-state index contributed by atoms with van der Waals surface area (Å²) in [5.41, 5.74) is 2.49. The first kappa shape index (κ1) is 20.0. The molecule has 1 aliphatic rings. The second kappa shape index (κ2) is 8.63. The van der Waals surface area contributed by atoms with Crippen molar-refractivity contribution in [2.45, 2.75) is 6.92 Å². The first-order valence-electron chi connectivity index (χ1n) is 9.78. The smallest absolute Gasteiger partial charge is 0.291 e. The van der Waals surface area contributed by atoms with Crippen LogP contribution in [-0.4, -0.2) is 42.9 Å². The van der Waals surface area contributed by atoms with Gasteiger partial charge in [-0.2, -0.15) is 0 Å². The molecule has 4 rings (SSSR count). The van der Waals surface area contributed by atoms with Crippen molar-refractivity contribution in [2.24, 2.45) is 0 Å². The van der Waals surface area contributed by atoms with Crippen LogP contribution in [0.1, 0.15) is 17.5 Å². The van der Waals surface area contributed by atoms with Crippen molar-refractivity contribution in [1.29, 1.82) is 0 Å². The van der Waals surface area contributed by atoms with Gasteiger partial charge in [0.2, 0.25) is 5.91 Å². The Morgan fingerprint density at radius 2 is 1.63 bits per heavy atom. The third kappa shape index (κ3) is 4.33. The fourth-order valence-corrected chi connectivity index (χ4v) is 3.66. The number of carbonyl (C=O) groups excluding carboxylic acids is 2. The Hall–Kier alpha value is -3.25. The van der Waals surface area contributed by atoms with Crippen LogP contribution >= 0.6 is 11.6 Å². The molecule has 2 heterocycles. The highest BCUT2D eigenvalue weighted by atomic mass is 35.5. The van der Waals surface area contributed by atoms with Crippen molar-refractivity contribution in [3.63, 3.8) is 0 Å². The van der Waals surface area contributed by atoms with Crippen LogP contribution in [0.25, 0.3) is 11.3 Å². The van der Waals surface area contributed by atoms with E-state index < -0.39 is 0 Å². The summed E-state index contributed by atoms with van der Waals surface area (Å²) in [5.74, 6) is 0.609. The molecule has 0 spiro atoms. The normalized spacial score (nSPS) is 13.9. The lowest BCUT2D eigenvalue weighted by atomic mass is 10.2. The molecule has 1 aromatic heterocycles. The molecule has 1 saturated heterocycles. The average Bonchev–Trinajstić information content (AvgIpc) is 3.25. The molecule has 1 aliphatic heterocycles. The van der Waals surface area contributed by atoms with Gasteiger partial charge in [-0.15, -0.1) is 0 Å². The van der Waals surface area contributed by atoms with E-state index in [-0.39, 0.29) is 17.6 Å². The number of hydrogen-bond donors (Lipinski definition) is 1. The van der Waals surface area contributed by atoms with Crippen LogP contribution in [0.3, 0.4) is 0 Å². The summed E-state index contributed by atoms with van der Waals surface area (Å²) in [4.78, 5) is 28.4. The van der Waals surface area contributed by atoms with E-state index in [0.717, 1.165) is 11.3 Å². The molecule has 3 aromatic rings. The highest BCUT2D eigenvalue weighted by Gasteiger charge is 2.21. The van der Waals surface area contributed by atoms with Crippen LogP contribution in [0.15, 0.2) is 65.1 Å². The first-order valence-corrected chi connectivity index (χ1v) is 10.2. The van der Waals surface area contributed by atoms with Gasteiger partial charge in [-0.3, -0.25) is 9.59 Å². The fraction of sp³-hybridized carbons (Fsp3) is 0.217. The number of nitrogens with one attached hydrogen (secondary N) is 1. The summed E-state index contributed by atoms with van der Waals surface area (Å²) in [5, 5.41) is 3.60. The van der Waals surface area contributed by atoms with Gasteiger partial charge in [0.15, 0.2) is 5.76 Å². The van der Waals surface area contributed by atoms with Gasteiger partial charge in [0.05, 0.1) is 11.4 Å². The summed E-state index contributed by atoms with van der Waals surface area (Å²) < 4.78 is 5.76. The van der Waals surface area contributed by atoms with E-state index in [1.54, 1.807) is 31.2 Å². The minimum atomic E-state index is -0.315. The number of halogens is 1. The third-order valence-electron chi connectivity index (χ3n) is 5.18. The molecule has 6 nitrogen and oxygen atoms in total. The first-order chi connectivity index (χ1) is 14.5. The van der Waals surface area contributed by atoms with E-state index in [4.69, 9.17) is 16.0 Å². The summed E-state index contributed by atoms with van der Waals surface area (Å²) in [6.07, 6.45) is 0.